The second kappa shape index (κ2) is 6.86. The van der Waals surface area contributed by atoms with Gasteiger partial charge in [-0.15, -0.1) is 0 Å². The number of likely N-dealkylation sites (N-methyl/N-ethyl adjacent to an activating group) is 1. The van der Waals surface area contributed by atoms with Crippen molar-refractivity contribution >= 4 is 23.4 Å². The molecule has 5 nitrogen and oxygen atoms in total. The summed E-state index contributed by atoms with van der Waals surface area (Å²) in [7, 11) is 0. The molecule has 0 aromatic heterocycles. The van der Waals surface area contributed by atoms with Crippen LogP contribution in [0.3, 0.4) is 0 Å². The molecule has 4 rings (SSSR count). The van der Waals surface area contributed by atoms with Crippen molar-refractivity contribution in [3.05, 3.63) is 34.9 Å². The molecule has 1 aromatic carbocycles. The van der Waals surface area contributed by atoms with Crippen molar-refractivity contribution in [3.63, 3.8) is 0 Å². The van der Waals surface area contributed by atoms with Crippen LogP contribution in [-0.2, 0) is 15.0 Å². The lowest BCUT2D eigenvalue weighted by Crippen LogP contribution is -2.55. The van der Waals surface area contributed by atoms with Gasteiger partial charge in [-0.2, -0.15) is 0 Å². The number of hydrogen-bond acceptors (Lipinski definition) is 3. The number of piperazine rings is 1. The molecule has 3 aliphatic heterocycles. The zero-order valence-electron chi connectivity index (χ0n) is 15.3. The third-order valence-corrected chi connectivity index (χ3v) is 6.71. The van der Waals surface area contributed by atoms with Gasteiger partial charge in [-0.25, -0.2) is 0 Å². The largest absolute Gasteiger partial charge is 0.339 e. The Hall–Kier alpha value is -1.59. The fourth-order valence-electron chi connectivity index (χ4n) is 4.86. The molecular weight excluding hydrogens is 350 g/mol. The number of carbonyl (C=O) groups excluding carboxylic acids is 2. The minimum atomic E-state index is -0.701. The van der Waals surface area contributed by atoms with Crippen LogP contribution in [0.4, 0.5) is 0 Å². The average molecular weight is 376 g/mol. The molecule has 3 aliphatic rings. The molecule has 26 heavy (non-hydrogen) atoms. The summed E-state index contributed by atoms with van der Waals surface area (Å²) in [5.41, 5.74) is 0.180. The van der Waals surface area contributed by atoms with Gasteiger partial charge in [-0.05, 0) is 31.0 Å². The Kier molecular flexibility index (Phi) is 4.70. The van der Waals surface area contributed by atoms with E-state index in [9.17, 15) is 9.59 Å². The summed E-state index contributed by atoms with van der Waals surface area (Å²) in [6, 6.07) is 7.82. The lowest BCUT2D eigenvalue weighted by Gasteiger charge is -2.40. The molecule has 0 spiro atoms. The first kappa shape index (κ1) is 17.8. The van der Waals surface area contributed by atoms with Gasteiger partial charge in [0.2, 0.25) is 11.8 Å². The second-order valence-corrected chi connectivity index (χ2v) is 8.11. The van der Waals surface area contributed by atoms with Crippen molar-refractivity contribution in [1.29, 1.82) is 0 Å². The summed E-state index contributed by atoms with van der Waals surface area (Å²) < 4.78 is 0. The summed E-state index contributed by atoms with van der Waals surface area (Å²) in [4.78, 5) is 32.3. The van der Waals surface area contributed by atoms with E-state index < -0.39 is 5.41 Å². The van der Waals surface area contributed by atoms with Crippen LogP contribution in [-0.4, -0.2) is 71.8 Å². The van der Waals surface area contributed by atoms with Crippen molar-refractivity contribution in [2.75, 3.05) is 39.3 Å². The summed E-state index contributed by atoms with van der Waals surface area (Å²) in [5.74, 6) is 0.316. The first-order chi connectivity index (χ1) is 12.5. The topological polar surface area (TPSA) is 43.9 Å². The number of amides is 2. The van der Waals surface area contributed by atoms with E-state index in [1.165, 1.54) is 0 Å². The lowest BCUT2D eigenvalue weighted by atomic mass is 9.76. The molecule has 0 bridgehead atoms. The van der Waals surface area contributed by atoms with Crippen molar-refractivity contribution in [2.45, 2.75) is 37.6 Å². The Morgan fingerprint density at radius 3 is 2.62 bits per heavy atom. The molecule has 0 radical (unpaired) electrons. The van der Waals surface area contributed by atoms with Crippen molar-refractivity contribution in [1.82, 2.24) is 14.7 Å². The Bertz CT molecular complexity index is 717. The smallest absolute Gasteiger partial charge is 0.235 e. The van der Waals surface area contributed by atoms with Gasteiger partial charge in [0.05, 0.1) is 5.41 Å². The van der Waals surface area contributed by atoms with E-state index in [2.05, 4.69) is 11.8 Å². The molecule has 0 unspecified atom stereocenters. The second-order valence-electron chi connectivity index (χ2n) is 7.71. The predicted octanol–water partition coefficient (Wildman–Crippen LogP) is 2.14. The van der Waals surface area contributed by atoms with Crippen LogP contribution in [0.1, 0.15) is 31.7 Å². The van der Waals surface area contributed by atoms with E-state index in [1.54, 1.807) is 0 Å². The third-order valence-electron chi connectivity index (χ3n) is 6.38. The molecule has 2 atom stereocenters. The van der Waals surface area contributed by atoms with Crippen LogP contribution in [0.5, 0.6) is 0 Å². The molecule has 0 aliphatic carbocycles. The van der Waals surface area contributed by atoms with Gasteiger partial charge in [0, 0.05) is 50.2 Å². The maximum Gasteiger partial charge on any atom is 0.235 e. The summed E-state index contributed by atoms with van der Waals surface area (Å²) in [6.45, 7) is 6.95. The summed E-state index contributed by atoms with van der Waals surface area (Å²) in [5, 5.41) is 0.627. The van der Waals surface area contributed by atoms with E-state index in [-0.39, 0.29) is 17.9 Å². The van der Waals surface area contributed by atoms with Crippen LogP contribution in [0.2, 0.25) is 5.02 Å². The maximum absolute atomic E-state index is 13.7. The summed E-state index contributed by atoms with van der Waals surface area (Å²) in [6.07, 6.45) is 2.14. The fourth-order valence-corrected chi connectivity index (χ4v) is 5.18. The molecule has 0 N–H and O–H groups in total. The van der Waals surface area contributed by atoms with Gasteiger partial charge < -0.3 is 14.7 Å². The molecule has 3 saturated heterocycles. The number of carbonyl (C=O) groups is 2. The monoisotopic (exact) mass is 375 g/mol. The van der Waals surface area contributed by atoms with E-state index in [0.29, 0.717) is 24.4 Å². The van der Waals surface area contributed by atoms with Gasteiger partial charge in [0.25, 0.3) is 0 Å². The van der Waals surface area contributed by atoms with E-state index in [4.69, 9.17) is 11.6 Å². The van der Waals surface area contributed by atoms with Gasteiger partial charge in [0.15, 0.2) is 0 Å². The van der Waals surface area contributed by atoms with Gasteiger partial charge in [-0.3, -0.25) is 9.59 Å². The standard InChI is InChI=1S/C20H26ClN3O2/c1-2-22-9-11-23(12-10-22)19(26)20(16-5-3-4-6-17(16)21)13-15-7-8-18(25)24(15)14-20/h3-6,15H,2,7-14H2,1H3/t15-,20+/m0/s1. The van der Waals surface area contributed by atoms with Crippen molar-refractivity contribution in [2.24, 2.45) is 0 Å². The van der Waals surface area contributed by atoms with Gasteiger partial charge in [-0.1, -0.05) is 36.7 Å². The molecular formula is C20H26ClN3O2. The molecule has 3 heterocycles. The third kappa shape index (κ3) is 2.81. The van der Waals surface area contributed by atoms with Crippen LogP contribution >= 0.6 is 11.6 Å². The van der Waals surface area contributed by atoms with Gasteiger partial charge >= 0.3 is 0 Å². The van der Waals surface area contributed by atoms with E-state index in [1.807, 2.05) is 34.1 Å². The van der Waals surface area contributed by atoms with Gasteiger partial charge in [0.1, 0.15) is 0 Å². The SMILES string of the molecule is CCN1CCN(C(=O)[C@]2(c3ccccc3Cl)C[C@@H]3CCC(=O)N3C2)CC1. The zero-order chi connectivity index (χ0) is 18.3. The van der Waals surface area contributed by atoms with Crippen LogP contribution < -0.4 is 0 Å². The van der Waals surface area contributed by atoms with Crippen molar-refractivity contribution in [3.8, 4) is 0 Å². The highest BCUT2D eigenvalue weighted by Crippen LogP contribution is 2.46. The first-order valence-electron chi connectivity index (χ1n) is 9.61. The fraction of sp³-hybridized carbons (Fsp3) is 0.600. The molecule has 140 valence electrons. The predicted molar refractivity (Wildman–Crippen MR) is 101 cm³/mol. The van der Waals surface area contributed by atoms with E-state index in [0.717, 1.165) is 44.7 Å². The van der Waals surface area contributed by atoms with Crippen LogP contribution in [0.15, 0.2) is 24.3 Å². The Morgan fingerprint density at radius 1 is 1.23 bits per heavy atom. The minimum absolute atomic E-state index is 0.142. The number of rotatable bonds is 3. The minimum Gasteiger partial charge on any atom is -0.339 e. The highest BCUT2D eigenvalue weighted by Gasteiger charge is 2.55. The number of fused-ring (bicyclic) bond motifs is 1. The number of benzene rings is 1. The lowest BCUT2D eigenvalue weighted by molar-refractivity contribution is -0.139. The summed E-state index contributed by atoms with van der Waals surface area (Å²) >= 11 is 6.53. The average Bonchev–Trinajstić information content (AvgIpc) is 3.21. The van der Waals surface area contributed by atoms with Crippen LogP contribution in [0.25, 0.3) is 0 Å². The highest BCUT2D eigenvalue weighted by atomic mass is 35.5. The van der Waals surface area contributed by atoms with E-state index >= 15 is 0 Å². The Morgan fingerprint density at radius 2 is 1.96 bits per heavy atom. The van der Waals surface area contributed by atoms with Crippen LogP contribution in [0, 0.1) is 0 Å². The molecule has 3 fully saturated rings. The molecule has 6 heteroatoms. The quantitative estimate of drug-likeness (QED) is 0.813. The molecule has 2 amide bonds. The normalized spacial score (nSPS) is 29.3. The first-order valence-corrected chi connectivity index (χ1v) is 9.99. The zero-order valence-corrected chi connectivity index (χ0v) is 16.0. The number of nitrogens with zero attached hydrogens (tertiary/aromatic N) is 3. The van der Waals surface area contributed by atoms with Crippen molar-refractivity contribution < 1.29 is 9.59 Å². The molecule has 1 aromatic rings. The Balaban J connectivity index is 1.67. The molecule has 0 saturated carbocycles. The highest BCUT2D eigenvalue weighted by molar-refractivity contribution is 6.31. The number of hydrogen-bond donors (Lipinski definition) is 0. The number of halogens is 1. The Labute approximate surface area is 159 Å². The maximum atomic E-state index is 13.7.